The molecule has 0 aliphatic rings. The van der Waals surface area contributed by atoms with Crippen molar-refractivity contribution < 1.29 is 4.74 Å². The lowest BCUT2D eigenvalue weighted by molar-refractivity contribution is 0.410. The Labute approximate surface area is 126 Å². The zero-order valence-corrected chi connectivity index (χ0v) is 13.0. The van der Waals surface area contributed by atoms with Crippen molar-refractivity contribution in [2.24, 2.45) is 0 Å². The Morgan fingerprint density at radius 1 is 1.25 bits per heavy atom. The molecule has 20 heavy (non-hydrogen) atoms. The summed E-state index contributed by atoms with van der Waals surface area (Å²) in [6, 6.07) is 12.2. The van der Waals surface area contributed by atoms with Gasteiger partial charge in [0.1, 0.15) is 11.6 Å². The summed E-state index contributed by atoms with van der Waals surface area (Å²) in [7, 11) is 1.69. The molecule has 0 saturated heterocycles. The summed E-state index contributed by atoms with van der Waals surface area (Å²) in [6.45, 7) is 2.07. The lowest BCUT2D eigenvalue weighted by atomic mass is 10.1. The molecule has 1 heterocycles. The van der Waals surface area contributed by atoms with Gasteiger partial charge in [-0.25, -0.2) is 4.98 Å². The highest BCUT2D eigenvalue weighted by Crippen LogP contribution is 2.24. The number of aromatic nitrogens is 2. The summed E-state index contributed by atoms with van der Waals surface area (Å²) in [6.07, 6.45) is 0.732. The molecule has 3 rings (SSSR count). The zero-order chi connectivity index (χ0) is 14.1. The first-order valence-corrected chi connectivity index (χ1v) is 7.23. The number of H-pyrrole nitrogens is 1. The Bertz CT molecular complexity index is 764. The minimum absolute atomic E-state index is 0.732. The van der Waals surface area contributed by atoms with Crippen molar-refractivity contribution >= 4 is 27.0 Å². The molecule has 102 valence electrons. The molecule has 0 bridgehead atoms. The second-order valence-corrected chi connectivity index (χ2v) is 5.71. The van der Waals surface area contributed by atoms with Crippen LogP contribution in [0.25, 0.3) is 11.0 Å². The third-order valence-corrected chi connectivity index (χ3v) is 3.80. The number of hydrogen-bond acceptors (Lipinski definition) is 2. The molecule has 0 saturated carbocycles. The number of benzene rings is 2. The standard InChI is InChI=1S/C16H15BrN2O/c1-10-7-12(17)9-13-16(10)19-15(18-13)8-11-5-3-4-6-14(11)20-2/h3-7,9H,8H2,1-2H3,(H,18,19). The first-order chi connectivity index (χ1) is 9.67. The number of rotatable bonds is 3. The maximum absolute atomic E-state index is 5.39. The quantitative estimate of drug-likeness (QED) is 0.780. The van der Waals surface area contributed by atoms with E-state index in [9.17, 15) is 0 Å². The van der Waals surface area contributed by atoms with Crippen LogP contribution in [0.5, 0.6) is 5.75 Å². The van der Waals surface area contributed by atoms with Crippen LogP contribution in [0.3, 0.4) is 0 Å². The average Bonchev–Trinajstić information content (AvgIpc) is 2.82. The predicted molar refractivity (Wildman–Crippen MR) is 84.3 cm³/mol. The van der Waals surface area contributed by atoms with Gasteiger partial charge in [0, 0.05) is 16.5 Å². The van der Waals surface area contributed by atoms with Crippen LogP contribution in [0.15, 0.2) is 40.9 Å². The van der Waals surface area contributed by atoms with Crippen LogP contribution in [0, 0.1) is 6.92 Å². The zero-order valence-electron chi connectivity index (χ0n) is 11.4. The van der Waals surface area contributed by atoms with Crippen LogP contribution >= 0.6 is 15.9 Å². The predicted octanol–water partition coefficient (Wildman–Crippen LogP) is 4.23. The van der Waals surface area contributed by atoms with Crippen molar-refractivity contribution in [1.29, 1.82) is 0 Å². The summed E-state index contributed by atoms with van der Waals surface area (Å²) in [5.74, 6) is 1.84. The summed E-state index contributed by atoms with van der Waals surface area (Å²) >= 11 is 3.51. The van der Waals surface area contributed by atoms with E-state index >= 15 is 0 Å². The Morgan fingerprint density at radius 3 is 2.85 bits per heavy atom. The van der Waals surface area contributed by atoms with Gasteiger partial charge in [0.05, 0.1) is 18.1 Å². The maximum Gasteiger partial charge on any atom is 0.122 e. The number of nitrogens with one attached hydrogen (secondary N) is 1. The molecule has 4 heteroatoms. The van der Waals surface area contributed by atoms with Gasteiger partial charge in [-0.2, -0.15) is 0 Å². The molecule has 1 N–H and O–H groups in total. The van der Waals surface area contributed by atoms with Gasteiger partial charge >= 0.3 is 0 Å². The van der Waals surface area contributed by atoms with Crippen molar-refractivity contribution in [3.8, 4) is 5.75 Å². The van der Waals surface area contributed by atoms with Gasteiger partial charge in [-0.15, -0.1) is 0 Å². The lowest BCUT2D eigenvalue weighted by Crippen LogP contribution is -1.94. The topological polar surface area (TPSA) is 37.9 Å². The summed E-state index contributed by atoms with van der Waals surface area (Å²) < 4.78 is 6.45. The molecule has 0 radical (unpaired) electrons. The van der Waals surface area contributed by atoms with Crippen molar-refractivity contribution in [3.63, 3.8) is 0 Å². The van der Waals surface area contributed by atoms with Gasteiger partial charge in [-0.05, 0) is 30.7 Å². The summed E-state index contributed by atoms with van der Waals surface area (Å²) in [5.41, 5.74) is 4.38. The van der Waals surface area contributed by atoms with Gasteiger partial charge in [-0.1, -0.05) is 34.1 Å². The highest BCUT2D eigenvalue weighted by molar-refractivity contribution is 9.10. The van der Waals surface area contributed by atoms with Crippen molar-refractivity contribution in [2.45, 2.75) is 13.3 Å². The third kappa shape index (κ3) is 2.43. The maximum atomic E-state index is 5.39. The SMILES string of the molecule is COc1ccccc1Cc1nc2c(C)cc(Br)cc2[nH]1. The van der Waals surface area contributed by atoms with Crippen molar-refractivity contribution in [3.05, 3.63) is 57.8 Å². The van der Waals surface area contributed by atoms with E-state index in [4.69, 9.17) is 9.72 Å². The van der Waals surface area contributed by atoms with Gasteiger partial charge in [0.2, 0.25) is 0 Å². The number of nitrogens with zero attached hydrogens (tertiary/aromatic N) is 1. The largest absolute Gasteiger partial charge is 0.496 e. The van der Waals surface area contributed by atoms with E-state index in [-0.39, 0.29) is 0 Å². The first kappa shape index (κ1) is 13.2. The molecule has 0 aliphatic carbocycles. The molecule has 3 aromatic rings. The molecule has 0 amide bonds. The van der Waals surface area contributed by atoms with Crippen LogP contribution in [0.2, 0.25) is 0 Å². The van der Waals surface area contributed by atoms with E-state index in [1.807, 2.05) is 18.2 Å². The van der Waals surface area contributed by atoms with E-state index in [2.05, 4.69) is 46.0 Å². The molecular formula is C16H15BrN2O. The molecule has 0 atom stereocenters. The number of hydrogen-bond donors (Lipinski definition) is 1. The van der Waals surface area contributed by atoms with E-state index in [1.165, 1.54) is 0 Å². The van der Waals surface area contributed by atoms with Gasteiger partial charge in [0.15, 0.2) is 0 Å². The lowest BCUT2D eigenvalue weighted by Gasteiger charge is -2.05. The van der Waals surface area contributed by atoms with E-state index < -0.39 is 0 Å². The fourth-order valence-electron chi connectivity index (χ4n) is 2.41. The van der Waals surface area contributed by atoms with Gasteiger partial charge in [0.25, 0.3) is 0 Å². The van der Waals surface area contributed by atoms with Crippen LogP contribution in [0.4, 0.5) is 0 Å². The first-order valence-electron chi connectivity index (χ1n) is 6.44. The molecule has 2 aromatic carbocycles. The van der Waals surface area contributed by atoms with Crippen LogP contribution in [-0.2, 0) is 6.42 Å². The van der Waals surface area contributed by atoms with Crippen LogP contribution < -0.4 is 4.74 Å². The number of para-hydroxylation sites is 1. The van der Waals surface area contributed by atoms with Crippen molar-refractivity contribution in [1.82, 2.24) is 9.97 Å². The second kappa shape index (κ2) is 5.29. The molecule has 0 fully saturated rings. The Kier molecular flexibility index (Phi) is 3.49. The second-order valence-electron chi connectivity index (χ2n) is 4.79. The monoisotopic (exact) mass is 330 g/mol. The molecule has 0 unspecified atom stereocenters. The van der Waals surface area contributed by atoms with Crippen LogP contribution in [-0.4, -0.2) is 17.1 Å². The highest BCUT2D eigenvalue weighted by Gasteiger charge is 2.09. The smallest absolute Gasteiger partial charge is 0.122 e. The van der Waals surface area contributed by atoms with Gasteiger partial charge < -0.3 is 9.72 Å². The fourth-order valence-corrected chi connectivity index (χ4v) is 2.98. The minimum Gasteiger partial charge on any atom is -0.496 e. The molecule has 3 nitrogen and oxygen atoms in total. The number of aromatic amines is 1. The number of imidazole rings is 1. The van der Waals surface area contributed by atoms with E-state index in [1.54, 1.807) is 7.11 Å². The number of aryl methyl sites for hydroxylation is 1. The van der Waals surface area contributed by atoms with E-state index in [0.29, 0.717) is 0 Å². The Morgan fingerprint density at radius 2 is 2.05 bits per heavy atom. The highest BCUT2D eigenvalue weighted by atomic mass is 79.9. The van der Waals surface area contributed by atoms with E-state index in [0.717, 1.165) is 44.6 Å². The Hall–Kier alpha value is -1.81. The average molecular weight is 331 g/mol. The number of halogens is 1. The van der Waals surface area contributed by atoms with Gasteiger partial charge in [-0.3, -0.25) is 0 Å². The number of fused-ring (bicyclic) bond motifs is 1. The molecule has 0 aliphatic heterocycles. The van der Waals surface area contributed by atoms with Crippen molar-refractivity contribution in [2.75, 3.05) is 7.11 Å². The summed E-state index contributed by atoms with van der Waals surface area (Å²) in [5, 5.41) is 0. The molecule has 1 aromatic heterocycles. The molecule has 0 spiro atoms. The summed E-state index contributed by atoms with van der Waals surface area (Å²) in [4.78, 5) is 8.07. The fraction of sp³-hybridized carbons (Fsp3) is 0.188. The number of methoxy groups -OCH3 is 1. The minimum atomic E-state index is 0.732. The number of ether oxygens (including phenoxy) is 1. The third-order valence-electron chi connectivity index (χ3n) is 3.34. The Balaban J connectivity index is 2.01. The molecular weight excluding hydrogens is 316 g/mol. The normalized spacial score (nSPS) is 10.9. The van der Waals surface area contributed by atoms with Crippen LogP contribution in [0.1, 0.15) is 17.0 Å².